The highest BCUT2D eigenvalue weighted by Gasteiger charge is 2.74. The van der Waals surface area contributed by atoms with Gasteiger partial charge in [-0.2, -0.15) is 5.10 Å². The SMILES string of the molecule is CCC1CC=NN(c2ccc(NC3=NC=C(C)C(C)C(OC4C5COC56CN(C(=O)OC(C)C)CC46)C3C)c(Cl)c2)C1. The number of carbonyl (C=O) groups is 1. The van der Waals surface area contributed by atoms with E-state index in [0.29, 0.717) is 30.6 Å². The maximum Gasteiger partial charge on any atom is 0.410 e. The van der Waals surface area contributed by atoms with Gasteiger partial charge in [0.25, 0.3) is 0 Å². The zero-order valence-corrected chi connectivity index (χ0v) is 26.3. The lowest BCUT2D eigenvalue weighted by Gasteiger charge is -2.64. The Bertz CT molecular complexity index is 1300. The summed E-state index contributed by atoms with van der Waals surface area (Å²) in [5.41, 5.74) is 2.68. The Kier molecular flexibility index (Phi) is 8.04. The molecule has 1 aromatic rings. The van der Waals surface area contributed by atoms with Crippen molar-refractivity contribution in [3.63, 3.8) is 0 Å². The van der Waals surface area contributed by atoms with Crippen LogP contribution in [0.25, 0.3) is 0 Å². The fourth-order valence-electron chi connectivity index (χ4n) is 7.18. The van der Waals surface area contributed by atoms with Crippen LogP contribution in [0.4, 0.5) is 16.2 Å². The number of amides is 1. The van der Waals surface area contributed by atoms with Crippen molar-refractivity contribution in [3.8, 4) is 0 Å². The number of hydrogen-bond donors (Lipinski definition) is 1. The Morgan fingerprint density at radius 2 is 2.02 bits per heavy atom. The Hall–Kier alpha value is -2.62. The molecule has 1 spiro atoms. The summed E-state index contributed by atoms with van der Waals surface area (Å²) in [5.74, 6) is 2.01. The van der Waals surface area contributed by atoms with Crippen molar-refractivity contribution in [2.75, 3.05) is 36.6 Å². The lowest BCUT2D eigenvalue weighted by Crippen LogP contribution is -2.76. The third-order valence-corrected chi connectivity index (χ3v) is 10.4. The first-order valence-corrected chi connectivity index (χ1v) is 15.8. The molecule has 1 saturated carbocycles. The van der Waals surface area contributed by atoms with Crippen LogP contribution >= 0.6 is 11.6 Å². The van der Waals surface area contributed by atoms with Crippen LogP contribution in [-0.4, -0.2) is 73.2 Å². The van der Waals surface area contributed by atoms with E-state index in [1.165, 1.54) is 5.57 Å². The molecule has 6 rings (SSSR count). The van der Waals surface area contributed by atoms with E-state index in [9.17, 15) is 4.79 Å². The average molecular weight is 598 g/mol. The number of halogens is 1. The zero-order valence-electron chi connectivity index (χ0n) is 25.5. The molecule has 2 saturated heterocycles. The largest absolute Gasteiger partial charge is 0.447 e. The van der Waals surface area contributed by atoms with Crippen molar-refractivity contribution < 1.29 is 19.0 Å². The topological polar surface area (TPSA) is 88.0 Å². The maximum atomic E-state index is 12.7. The first kappa shape index (κ1) is 29.5. The predicted molar refractivity (Wildman–Crippen MR) is 166 cm³/mol. The lowest BCUT2D eigenvalue weighted by molar-refractivity contribution is -0.347. The summed E-state index contributed by atoms with van der Waals surface area (Å²) in [5, 5.41) is 10.8. The van der Waals surface area contributed by atoms with Gasteiger partial charge in [-0.05, 0) is 56.9 Å². The molecule has 3 fully saturated rings. The van der Waals surface area contributed by atoms with Gasteiger partial charge in [0.2, 0.25) is 0 Å². The van der Waals surface area contributed by atoms with Gasteiger partial charge >= 0.3 is 6.09 Å². The van der Waals surface area contributed by atoms with E-state index in [0.717, 1.165) is 36.6 Å². The average Bonchev–Trinajstić information content (AvgIpc) is 3.33. The predicted octanol–water partition coefficient (Wildman–Crippen LogP) is 6.19. The fraction of sp³-hybridized carbons (Fsp3) is 0.656. The molecule has 0 aromatic heterocycles. The molecule has 10 heteroatoms. The maximum absolute atomic E-state index is 12.7. The van der Waals surface area contributed by atoms with Crippen molar-refractivity contribution >= 4 is 41.1 Å². The quantitative estimate of drug-likeness (QED) is 0.421. The van der Waals surface area contributed by atoms with Crippen molar-refractivity contribution in [1.29, 1.82) is 0 Å². The molecule has 9 nitrogen and oxygen atoms in total. The fourth-order valence-corrected chi connectivity index (χ4v) is 7.40. The van der Waals surface area contributed by atoms with Crippen LogP contribution in [0.1, 0.15) is 54.4 Å². The number of anilines is 2. The highest BCUT2D eigenvalue weighted by atomic mass is 35.5. The molecule has 0 bridgehead atoms. The first-order valence-electron chi connectivity index (χ1n) is 15.5. The van der Waals surface area contributed by atoms with Crippen molar-refractivity contribution in [1.82, 2.24) is 4.90 Å². The number of aliphatic imine (C=N–C) groups is 1. The third kappa shape index (κ3) is 5.11. The van der Waals surface area contributed by atoms with Gasteiger partial charge in [0, 0.05) is 49.2 Å². The number of hydrogen-bond acceptors (Lipinski definition) is 8. The zero-order chi connectivity index (χ0) is 29.8. The number of amidine groups is 1. The number of nitrogens with one attached hydrogen (secondary N) is 1. The van der Waals surface area contributed by atoms with E-state index in [4.69, 9.17) is 30.8 Å². The van der Waals surface area contributed by atoms with Crippen LogP contribution < -0.4 is 10.3 Å². The van der Waals surface area contributed by atoms with Gasteiger partial charge in [-0.1, -0.05) is 38.8 Å². The number of carbonyl (C=O) groups excluding carboxylic acids is 1. The summed E-state index contributed by atoms with van der Waals surface area (Å²) >= 11 is 6.81. The van der Waals surface area contributed by atoms with E-state index in [1.54, 1.807) is 4.90 Å². The summed E-state index contributed by atoms with van der Waals surface area (Å²) < 4.78 is 18.6. The lowest BCUT2D eigenvalue weighted by atomic mass is 9.56. The molecule has 42 heavy (non-hydrogen) atoms. The Balaban J connectivity index is 1.16. The third-order valence-electron chi connectivity index (χ3n) is 10.1. The molecule has 1 amide bonds. The van der Waals surface area contributed by atoms with Gasteiger partial charge in [-0.3, -0.25) is 5.01 Å². The van der Waals surface area contributed by atoms with Crippen LogP contribution in [-0.2, 0) is 14.2 Å². The standard InChI is InChI=1S/C32H44ClN5O4/c1-7-22-10-11-35-38(14-22)23-8-9-27(26(33)12-23)36-30-21(6)28(20(5)19(4)13-34-30)42-29-24-15-37(31(39)41-18(2)3)17-32(24)25(29)16-40-32/h8-9,11-13,18,20-22,24-25,28-29H,7,10,14-17H2,1-6H3,(H,34,36). The first-order chi connectivity index (χ1) is 20.1. The minimum absolute atomic E-state index is 0.0131. The number of nitrogens with zero attached hydrogens (tertiary/aromatic N) is 4. The Morgan fingerprint density at radius 1 is 1.21 bits per heavy atom. The summed E-state index contributed by atoms with van der Waals surface area (Å²) in [7, 11) is 0. The van der Waals surface area contributed by atoms with E-state index < -0.39 is 0 Å². The normalized spacial score (nSPS) is 35.4. The molecule has 228 valence electrons. The minimum atomic E-state index is -0.289. The van der Waals surface area contributed by atoms with E-state index >= 15 is 0 Å². The summed E-state index contributed by atoms with van der Waals surface area (Å²) in [4.78, 5) is 19.3. The second-order valence-corrected chi connectivity index (χ2v) is 13.4. The molecule has 1 aliphatic carbocycles. The van der Waals surface area contributed by atoms with E-state index in [-0.39, 0.29) is 53.7 Å². The van der Waals surface area contributed by atoms with Gasteiger partial charge in [-0.25, -0.2) is 9.79 Å². The van der Waals surface area contributed by atoms with Crippen LogP contribution in [0.15, 0.2) is 40.1 Å². The summed E-state index contributed by atoms with van der Waals surface area (Å²) in [6, 6.07) is 6.04. The van der Waals surface area contributed by atoms with E-state index in [2.05, 4.69) is 44.2 Å². The Labute approximate surface area is 254 Å². The monoisotopic (exact) mass is 597 g/mol. The molecule has 0 radical (unpaired) electrons. The van der Waals surface area contributed by atoms with Gasteiger partial charge in [-0.15, -0.1) is 0 Å². The Morgan fingerprint density at radius 3 is 2.71 bits per heavy atom. The molecular formula is C32H44ClN5O4. The summed E-state index contributed by atoms with van der Waals surface area (Å²) in [6.45, 7) is 15.2. The molecule has 8 unspecified atom stereocenters. The van der Waals surface area contributed by atoms with Crippen LogP contribution in [0.3, 0.4) is 0 Å². The minimum Gasteiger partial charge on any atom is -0.447 e. The number of likely N-dealkylation sites (tertiary alicyclic amines) is 1. The van der Waals surface area contributed by atoms with Crippen molar-refractivity contribution in [3.05, 3.63) is 35.0 Å². The smallest absolute Gasteiger partial charge is 0.410 e. The number of rotatable bonds is 6. The molecular weight excluding hydrogens is 554 g/mol. The van der Waals surface area contributed by atoms with Crippen LogP contribution in [0.2, 0.25) is 5.02 Å². The van der Waals surface area contributed by atoms with Crippen molar-refractivity contribution in [2.24, 2.45) is 39.7 Å². The number of hydrazone groups is 1. The number of benzene rings is 1. The second-order valence-electron chi connectivity index (χ2n) is 13.0. The van der Waals surface area contributed by atoms with Crippen LogP contribution in [0, 0.1) is 29.6 Å². The number of ether oxygens (including phenoxy) is 3. The molecule has 4 heterocycles. The van der Waals surface area contributed by atoms with Gasteiger partial charge in [0.1, 0.15) is 11.4 Å². The second kappa shape index (κ2) is 11.5. The molecule has 5 aliphatic rings. The van der Waals surface area contributed by atoms with Crippen LogP contribution in [0.5, 0.6) is 0 Å². The highest BCUT2D eigenvalue weighted by Crippen LogP contribution is 2.60. The van der Waals surface area contributed by atoms with Gasteiger partial charge in [0.05, 0.1) is 47.9 Å². The molecule has 4 aliphatic heterocycles. The molecule has 1 N–H and O–H groups in total. The van der Waals surface area contributed by atoms with Gasteiger partial charge in [0.15, 0.2) is 0 Å². The highest BCUT2D eigenvalue weighted by molar-refractivity contribution is 6.34. The van der Waals surface area contributed by atoms with Crippen molar-refractivity contribution in [2.45, 2.75) is 78.3 Å². The van der Waals surface area contributed by atoms with E-state index in [1.807, 2.05) is 43.4 Å². The molecule has 1 aromatic carbocycles. The van der Waals surface area contributed by atoms with Gasteiger partial charge < -0.3 is 24.4 Å². The molecule has 8 atom stereocenters. The summed E-state index contributed by atoms with van der Waals surface area (Å²) in [6.07, 6.45) is 5.60.